The van der Waals surface area contributed by atoms with Crippen molar-refractivity contribution in [2.24, 2.45) is 0 Å². The highest BCUT2D eigenvalue weighted by Gasteiger charge is 2.09. The summed E-state index contributed by atoms with van der Waals surface area (Å²) in [5, 5.41) is 0.401. The van der Waals surface area contributed by atoms with Gasteiger partial charge in [-0.3, -0.25) is 9.59 Å². The maximum Gasteiger partial charge on any atom is 0.245 e. The van der Waals surface area contributed by atoms with Crippen LogP contribution in [0, 0.1) is 0 Å². The molecule has 6 heteroatoms. The zero-order chi connectivity index (χ0) is 10.8. The number of carbonyl (C=O) groups excluding carboxylic acids is 2. The van der Waals surface area contributed by atoms with Crippen LogP contribution in [0.5, 0.6) is 0 Å². The minimum atomic E-state index is -0.730. The van der Waals surface area contributed by atoms with E-state index in [9.17, 15) is 9.59 Å². The SMILES string of the molecule is O=CC(=O)c1cnc2c(Cl)ccnc2n1. The largest absolute Gasteiger partial charge is 0.294 e. The van der Waals surface area contributed by atoms with Gasteiger partial charge in [-0.15, -0.1) is 0 Å². The first-order valence-corrected chi connectivity index (χ1v) is 4.37. The maximum atomic E-state index is 11.0. The Bertz CT molecular complexity index is 556. The van der Waals surface area contributed by atoms with Crippen molar-refractivity contribution < 1.29 is 9.59 Å². The number of hydrogen-bond donors (Lipinski definition) is 0. The number of rotatable bonds is 2. The molecular weight excluding hydrogens is 218 g/mol. The smallest absolute Gasteiger partial charge is 0.245 e. The first-order chi connectivity index (χ1) is 7.22. The van der Waals surface area contributed by atoms with E-state index in [1.807, 2.05) is 0 Å². The van der Waals surface area contributed by atoms with Crippen LogP contribution in [0.3, 0.4) is 0 Å². The molecule has 0 fully saturated rings. The number of fused-ring (bicyclic) bond motifs is 1. The van der Waals surface area contributed by atoms with E-state index in [1.54, 1.807) is 6.07 Å². The van der Waals surface area contributed by atoms with Gasteiger partial charge in [0.05, 0.1) is 11.2 Å². The van der Waals surface area contributed by atoms with Gasteiger partial charge >= 0.3 is 0 Å². The van der Waals surface area contributed by atoms with Gasteiger partial charge in [0, 0.05) is 6.20 Å². The molecule has 0 saturated heterocycles. The Kier molecular flexibility index (Phi) is 2.39. The first kappa shape index (κ1) is 9.67. The lowest BCUT2D eigenvalue weighted by atomic mass is 10.3. The average molecular weight is 222 g/mol. The van der Waals surface area contributed by atoms with Crippen molar-refractivity contribution in [3.8, 4) is 0 Å². The number of Topliss-reactive ketones (excluding diaryl/α,β-unsaturated/α-hetero) is 1. The standard InChI is InChI=1S/C9H4ClN3O2/c10-5-1-2-11-9-8(5)12-3-6(13-9)7(15)4-14/h1-4H. The van der Waals surface area contributed by atoms with Gasteiger partial charge < -0.3 is 0 Å². The van der Waals surface area contributed by atoms with Crippen LogP contribution >= 0.6 is 11.6 Å². The van der Waals surface area contributed by atoms with Crippen LogP contribution in [0.25, 0.3) is 11.2 Å². The van der Waals surface area contributed by atoms with E-state index in [0.29, 0.717) is 10.5 Å². The van der Waals surface area contributed by atoms with E-state index >= 15 is 0 Å². The molecule has 0 aliphatic carbocycles. The fraction of sp³-hybridized carbons (Fsp3) is 0. The monoisotopic (exact) mass is 221 g/mol. The van der Waals surface area contributed by atoms with Crippen LogP contribution < -0.4 is 0 Å². The van der Waals surface area contributed by atoms with E-state index in [4.69, 9.17) is 11.6 Å². The Hall–Kier alpha value is -1.88. The number of pyridine rings is 1. The van der Waals surface area contributed by atoms with Crippen molar-refractivity contribution in [3.05, 3.63) is 29.2 Å². The number of hydrogen-bond acceptors (Lipinski definition) is 5. The van der Waals surface area contributed by atoms with Crippen LogP contribution in [-0.4, -0.2) is 27.0 Å². The molecule has 0 spiro atoms. The highest BCUT2D eigenvalue weighted by atomic mass is 35.5. The Morgan fingerprint density at radius 2 is 2.20 bits per heavy atom. The minimum Gasteiger partial charge on any atom is -0.294 e. The van der Waals surface area contributed by atoms with E-state index in [-0.39, 0.29) is 17.6 Å². The molecule has 0 saturated carbocycles. The van der Waals surface area contributed by atoms with Crippen molar-refractivity contribution in [2.45, 2.75) is 0 Å². The molecule has 15 heavy (non-hydrogen) atoms. The van der Waals surface area contributed by atoms with Gasteiger partial charge in [0.25, 0.3) is 0 Å². The lowest BCUT2D eigenvalue weighted by molar-refractivity contribution is -0.104. The summed E-state index contributed by atoms with van der Waals surface area (Å²) in [6.07, 6.45) is 2.83. The summed E-state index contributed by atoms with van der Waals surface area (Å²) in [7, 11) is 0. The predicted octanol–water partition coefficient (Wildman–Crippen LogP) is 1.06. The Morgan fingerprint density at radius 1 is 1.40 bits per heavy atom. The van der Waals surface area contributed by atoms with E-state index in [1.165, 1.54) is 12.4 Å². The van der Waals surface area contributed by atoms with Gasteiger partial charge in [-0.05, 0) is 6.07 Å². The molecule has 5 nitrogen and oxygen atoms in total. The Labute approximate surface area is 89.1 Å². The lowest BCUT2D eigenvalue weighted by Gasteiger charge is -1.98. The quantitative estimate of drug-likeness (QED) is 0.431. The summed E-state index contributed by atoms with van der Waals surface area (Å²) in [6, 6.07) is 1.57. The number of aromatic nitrogens is 3. The lowest BCUT2D eigenvalue weighted by Crippen LogP contribution is -2.04. The van der Waals surface area contributed by atoms with Crippen LogP contribution in [0.15, 0.2) is 18.5 Å². The third-order valence-electron chi connectivity index (χ3n) is 1.76. The molecule has 0 aliphatic rings. The van der Waals surface area contributed by atoms with Crippen molar-refractivity contribution in [1.82, 2.24) is 15.0 Å². The molecule has 0 atom stereocenters. The summed E-state index contributed by atoms with van der Waals surface area (Å²) in [5.41, 5.74) is 0.615. The van der Waals surface area contributed by atoms with Gasteiger partial charge in [-0.25, -0.2) is 15.0 Å². The number of halogens is 1. The van der Waals surface area contributed by atoms with Crippen molar-refractivity contribution >= 4 is 34.8 Å². The van der Waals surface area contributed by atoms with E-state index in [0.717, 1.165) is 0 Å². The molecule has 0 aromatic carbocycles. The third-order valence-corrected chi connectivity index (χ3v) is 2.06. The average Bonchev–Trinajstić information content (AvgIpc) is 2.28. The number of aldehydes is 1. The molecule has 0 unspecified atom stereocenters. The topological polar surface area (TPSA) is 72.8 Å². The molecule has 2 aromatic heterocycles. The summed E-state index contributed by atoms with van der Waals surface area (Å²) in [5.74, 6) is -0.730. The second-order valence-corrected chi connectivity index (χ2v) is 3.11. The Balaban J connectivity index is 2.67. The summed E-state index contributed by atoms with van der Waals surface area (Å²) in [4.78, 5) is 32.9. The van der Waals surface area contributed by atoms with Gasteiger partial charge in [-0.2, -0.15) is 0 Å². The third kappa shape index (κ3) is 1.69. The molecule has 0 aliphatic heterocycles. The highest BCUT2D eigenvalue weighted by Crippen LogP contribution is 2.17. The van der Waals surface area contributed by atoms with Crippen LogP contribution in [-0.2, 0) is 4.79 Å². The molecule has 2 heterocycles. The molecule has 2 aromatic rings. The number of nitrogens with zero attached hydrogens (tertiary/aromatic N) is 3. The molecule has 0 bridgehead atoms. The van der Waals surface area contributed by atoms with Gasteiger partial charge in [0.1, 0.15) is 11.2 Å². The summed E-state index contributed by atoms with van der Waals surface area (Å²) >= 11 is 5.83. The molecular formula is C9H4ClN3O2. The minimum absolute atomic E-state index is 0.0349. The fourth-order valence-corrected chi connectivity index (χ4v) is 1.26. The van der Waals surface area contributed by atoms with Crippen molar-refractivity contribution in [2.75, 3.05) is 0 Å². The normalized spacial score (nSPS) is 10.2. The molecule has 0 radical (unpaired) electrons. The van der Waals surface area contributed by atoms with Crippen molar-refractivity contribution in [1.29, 1.82) is 0 Å². The molecule has 2 rings (SSSR count). The first-order valence-electron chi connectivity index (χ1n) is 3.99. The molecule has 0 amide bonds. The molecule has 0 N–H and O–H groups in total. The summed E-state index contributed by atoms with van der Waals surface area (Å²) in [6.45, 7) is 0. The Morgan fingerprint density at radius 3 is 2.93 bits per heavy atom. The highest BCUT2D eigenvalue weighted by molar-refractivity contribution is 6.35. The van der Waals surface area contributed by atoms with Crippen LogP contribution in [0.4, 0.5) is 0 Å². The zero-order valence-corrected chi connectivity index (χ0v) is 8.10. The second-order valence-electron chi connectivity index (χ2n) is 2.70. The van der Waals surface area contributed by atoms with E-state index in [2.05, 4.69) is 15.0 Å². The number of carbonyl (C=O) groups is 2. The van der Waals surface area contributed by atoms with Gasteiger partial charge in [0.2, 0.25) is 5.78 Å². The van der Waals surface area contributed by atoms with Gasteiger partial charge in [0.15, 0.2) is 11.9 Å². The van der Waals surface area contributed by atoms with Gasteiger partial charge in [-0.1, -0.05) is 11.6 Å². The van der Waals surface area contributed by atoms with Crippen LogP contribution in [0.2, 0.25) is 5.02 Å². The fourth-order valence-electron chi connectivity index (χ4n) is 1.07. The molecule has 74 valence electrons. The second kappa shape index (κ2) is 3.70. The summed E-state index contributed by atoms with van der Waals surface area (Å²) < 4.78 is 0. The zero-order valence-electron chi connectivity index (χ0n) is 7.35. The van der Waals surface area contributed by atoms with E-state index < -0.39 is 5.78 Å². The van der Waals surface area contributed by atoms with Crippen molar-refractivity contribution in [3.63, 3.8) is 0 Å². The van der Waals surface area contributed by atoms with Crippen LogP contribution in [0.1, 0.15) is 10.5 Å². The number of ketones is 1. The maximum absolute atomic E-state index is 11.0. The predicted molar refractivity (Wildman–Crippen MR) is 52.7 cm³/mol.